The molecule has 0 saturated heterocycles. The second kappa shape index (κ2) is 4.98. The topological polar surface area (TPSA) is 57.2 Å². The number of anilines is 1. The van der Waals surface area contributed by atoms with Crippen molar-refractivity contribution in [2.24, 2.45) is 7.05 Å². The Balaban J connectivity index is 2.49. The summed E-state index contributed by atoms with van der Waals surface area (Å²) in [5.41, 5.74) is 7.92. The fourth-order valence-corrected chi connectivity index (χ4v) is 2.55. The van der Waals surface area contributed by atoms with Crippen LogP contribution in [-0.4, -0.2) is 11.7 Å². The highest BCUT2D eigenvalue weighted by Crippen LogP contribution is 2.33. The summed E-state index contributed by atoms with van der Waals surface area (Å²) in [6.07, 6.45) is 0. The first-order valence-corrected chi connectivity index (χ1v) is 6.65. The highest BCUT2D eigenvalue weighted by molar-refractivity contribution is 6.01. The van der Waals surface area contributed by atoms with E-state index in [-0.39, 0.29) is 5.56 Å². The number of benzene rings is 2. The molecule has 0 saturated carbocycles. The summed E-state index contributed by atoms with van der Waals surface area (Å²) in [5, 5.41) is 1.44. The maximum Gasteiger partial charge on any atom is 0.259 e. The smallest absolute Gasteiger partial charge is 0.259 e. The van der Waals surface area contributed by atoms with Crippen LogP contribution >= 0.6 is 0 Å². The zero-order chi connectivity index (χ0) is 15.0. The van der Waals surface area contributed by atoms with Crippen LogP contribution in [-0.2, 0) is 7.05 Å². The van der Waals surface area contributed by atoms with Gasteiger partial charge in [0.1, 0.15) is 11.6 Å². The third kappa shape index (κ3) is 2.05. The van der Waals surface area contributed by atoms with Gasteiger partial charge >= 0.3 is 0 Å². The minimum atomic E-state index is -0.107. The first-order valence-electron chi connectivity index (χ1n) is 6.65. The van der Waals surface area contributed by atoms with Crippen molar-refractivity contribution in [2.75, 3.05) is 12.8 Å². The molecule has 0 amide bonds. The van der Waals surface area contributed by atoms with Gasteiger partial charge in [-0.25, -0.2) is 0 Å². The van der Waals surface area contributed by atoms with Crippen LogP contribution < -0.4 is 16.0 Å². The molecule has 2 N–H and O–H groups in total. The summed E-state index contributed by atoms with van der Waals surface area (Å²) in [6.45, 7) is 0. The number of methoxy groups -OCH3 is 1. The van der Waals surface area contributed by atoms with Gasteiger partial charge in [0.25, 0.3) is 5.56 Å². The number of pyridine rings is 1. The predicted molar refractivity (Wildman–Crippen MR) is 85.6 cm³/mol. The molecule has 21 heavy (non-hydrogen) atoms. The second-order valence-electron chi connectivity index (χ2n) is 4.90. The Bertz CT molecular complexity index is 867. The Morgan fingerprint density at radius 3 is 2.43 bits per heavy atom. The van der Waals surface area contributed by atoms with Crippen LogP contribution in [0.4, 0.5) is 5.82 Å². The van der Waals surface area contributed by atoms with Gasteiger partial charge in [-0.1, -0.05) is 30.3 Å². The van der Waals surface area contributed by atoms with Crippen molar-refractivity contribution in [3.63, 3.8) is 0 Å². The molecule has 0 radical (unpaired) electrons. The van der Waals surface area contributed by atoms with Gasteiger partial charge in [-0.2, -0.15) is 0 Å². The fraction of sp³-hybridized carbons (Fsp3) is 0.118. The molecule has 3 rings (SSSR count). The van der Waals surface area contributed by atoms with E-state index in [1.54, 1.807) is 26.3 Å². The van der Waals surface area contributed by atoms with E-state index in [2.05, 4.69) is 0 Å². The Morgan fingerprint density at radius 1 is 1.05 bits per heavy atom. The van der Waals surface area contributed by atoms with Crippen molar-refractivity contribution < 1.29 is 4.74 Å². The van der Waals surface area contributed by atoms with Gasteiger partial charge in [-0.05, 0) is 23.8 Å². The Morgan fingerprint density at radius 2 is 1.76 bits per heavy atom. The Hall–Kier alpha value is -2.75. The molecule has 0 spiro atoms. The molecule has 0 bridgehead atoms. The van der Waals surface area contributed by atoms with E-state index in [1.807, 2.05) is 36.4 Å². The van der Waals surface area contributed by atoms with Crippen molar-refractivity contribution in [1.29, 1.82) is 0 Å². The lowest BCUT2D eigenvalue weighted by molar-refractivity contribution is 0.415. The van der Waals surface area contributed by atoms with Gasteiger partial charge < -0.3 is 10.5 Å². The molecule has 2 aromatic carbocycles. The summed E-state index contributed by atoms with van der Waals surface area (Å²) in [6, 6.07) is 15.2. The number of nitrogens with zero attached hydrogens (tertiary/aromatic N) is 1. The molecule has 0 aliphatic rings. The zero-order valence-electron chi connectivity index (χ0n) is 12.0. The highest BCUT2D eigenvalue weighted by atomic mass is 16.5. The minimum Gasteiger partial charge on any atom is -0.497 e. The van der Waals surface area contributed by atoms with Gasteiger partial charge in [0.05, 0.1) is 7.11 Å². The first-order chi connectivity index (χ1) is 10.1. The van der Waals surface area contributed by atoms with Crippen LogP contribution in [0.15, 0.2) is 53.3 Å². The van der Waals surface area contributed by atoms with Gasteiger partial charge in [0, 0.05) is 23.4 Å². The number of aromatic nitrogens is 1. The van der Waals surface area contributed by atoms with Crippen LogP contribution in [0.1, 0.15) is 0 Å². The molecular formula is C17H16N2O2. The highest BCUT2D eigenvalue weighted by Gasteiger charge is 2.14. The molecule has 4 heteroatoms. The maximum atomic E-state index is 12.4. The third-order valence-corrected chi connectivity index (χ3v) is 3.71. The monoisotopic (exact) mass is 280 g/mol. The third-order valence-electron chi connectivity index (χ3n) is 3.71. The van der Waals surface area contributed by atoms with Crippen molar-refractivity contribution in [3.05, 3.63) is 58.9 Å². The molecular weight excluding hydrogens is 264 g/mol. The number of nitrogens with two attached hydrogens (primary N) is 1. The standard InChI is InChI=1S/C17H16N2O2/c1-19-16(18)15(11-6-4-3-5-7-11)14-10-12(21-2)8-9-13(14)17(19)20/h3-10H,18H2,1-2H3. The molecule has 0 atom stereocenters. The van der Waals surface area contributed by atoms with E-state index in [9.17, 15) is 4.79 Å². The lowest BCUT2D eigenvalue weighted by Crippen LogP contribution is -2.21. The maximum absolute atomic E-state index is 12.4. The minimum absolute atomic E-state index is 0.107. The van der Waals surface area contributed by atoms with E-state index in [0.29, 0.717) is 17.0 Å². The largest absolute Gasteiger partial charge is 0.497 e. The lowest BCUT2D eigenvalue weighted by atomic mass is 9.99. The quantitative estimate of drug-likeness (QED) is 0.785. The van der Waals surface area contributed by atoms with E-state index < -0.39 is 0 Å². The molecule has 0 fully saturated rings. The van der Waals surface area contributed by atoms with Gasteiger partial charge in [-0.15, -0.1) is 0 Å². The van der Waals surface area contributed by atoms with E-state index >= 15 is 0 Å². The second-order valence-corrected chi connectivity index (χ2v) is 4.90. The van der Waals surface area contributed by atoms with Crippen LogP contribution in [0, 0.1) is 0 Å². The number of fused-ring (bicyclic) bond motifs is 1. The first kappa shape index (κ1) is 13.2. The summed E-state index contributed by atoms with van der Waals surface area (Å²) in [7, 11) is 3.29. The van der Waals surface area contributed by atoms with Crippen LogP contribution in [0.2, 0.25) is 0 Å². The van der Waals surface area contributed by atoms with Crippen molar-refractivity contribution in [2.45, 2.75) is 0 Å². The van der Waals surface area contributed by atoms with Crippen molar-refractivity contribution in [3.8, 4) is 16.9 Å². The normalized spacial score (nSPS) is 10.8. The van der Waals surface area contributed by atoms with Gasteiger partial charge in [-0.3, -0.25) is 9.36 Å². The van der Waals surface area contributed by atoms with E-state index in [1.165, 1.54) is 4.57 Å². The molecule has 3 aromatic rings. The summed E-state index contributed by atoms with van der Waals surface area (Å²) in [4.78, 5) is 12.4. The zero-order valence-corrected chi connectivity index (χ0v) is 12.0. The predicted octanol–water partition coefficient (Wildman–Crippen LogP) is 2.80. The van der Waals surface area contributed by atoms with Crippen LogP contribution in [0.5, 0.6) is 5.75 Å². The van der Waals surface area contributed by atoms with E-state index in [4.69, 9.17) is 10.5 Å². The molecule has 0 aliphatic heterocycles. The molecule has 1 heterocycles. The summed E-state index contributed by atoms with van der Waals surface area (Å²) < 4.78 is 6.76. The average molecular weight is 280 g/mol. The van der Waals surface area contributed by atoms with E-state index in [0.717, 1.165) is 16.5 Å². The molecule has 1 aromatic heterocycles. The SMILES string of the molecule is COc1ccc2c(=O)n(C)c(N)c(-c3ccccc3)c2c1. The number of hydrogen-bond acceptors (Lipinski definition) is 3. The fourth-order valence-electron chi connectivity index (χ4n) is 2.55. The number of hydrogen-bond donors (Lipinski definition) is 1. The van der Waals surface area contributed by atoms with Gasteiger partial charge in [0.2, 0.25) is 0 Å². The lowest BCUT2D eigenvalue weighted by Gasteiger charge is -2.14. The summed E-state index contributed by atoms with van der Waals surface area (Å²) in [5.74, 6) is 1.15. The molecule has 4 nitrogen and oxygen atoms in total. The van der Waals surface area contributed by atoms with Crippen LogP contribution in [0.25, 0.3) is 21.9 Å². The average Bonchev–Trinajstić information content (AvgIpc) is 2.53. The summed E-state index contributed by atoms with van der Waals surface area (Å²) >= 11 is 0. The number of rotatable bonds is 2. The molecule has 0 aliphatic carbocycles. The number of ether oxygens (including phenoxy) is 1. The molecule has 106 valence electrons. The molecule has 0 unspecified atom stereocenters. The van der Waals surface area contributed by atoms with Gasteiger partial charge in [0.15, 0.2) is 0 Å². The van der Waals surface area contributed by atoms with Crippen molar-refractivity contribution >= 4 is 16.6 Å². The Labute approximate surface area is 122 Å². The number of nitrogen functional groups attached to an aromatic ring is 1. The van der Waals surface area contributed by atoms with Crippen LogP contribution in [0.3, 0.4) is 0 Å². The Kier molecular flexibility index (Phi) is 3.14. The van der Waals surface area contributed by atoms with Crippen molar-refractivity contribution in [1.82, 2.24) is 4.57 Å².